The monoisotopic (exact) mass is 443 g/mol. The Bertz CT molecular complexity index is 1130. The predicted molar refractivity (Wildman–Crippen MR) is 127 cm³/mol. The Labute approximate surface area is 194 Å². The first-order valence-electron chi connectivity index (χ1n) is 11.7. The molecular formula is C27H29N3O3. The van der Waals surface area contributed by atoms with Crippen molar-refractivity contribution in [3.05, 3.63) is 78.1 Å². The lowest BCUT2D eigenvalue weighted by molar-refractivity contribution is -0.122. The fourth-order valence-electron chi connectivity index (χ4n) is 5.11. The molecule has 33 heavy (non-hydrogen) atoms. The normalized spacial score (nSPS) is 19.6. The zero-order valence-corrected chi connectivity index (χ0v) is 18.7. The van der Waals surface area contributed by atoms with Gasteiger partial charge in [-0.1, -0.05) is 42.5 Å². The van der Waals surface area contributed by atoms with E-state index in [1.807, 2.05) is 29.2 Å². The molecule has 2 aliphatic rings. The number of rotatable bonds is 5. The second-order valence-electron chi connectivity index (χ2n) is 9.11. The molecule has 1 N–H and O–H groups in total. The molecule has 0 saturated carbocycles. The minimum absolute atomic E-state index is 0.0219. The molecule has 0 radical (unpaired) electrons. The smallest absolute Gasteiger partial charge is 0.253 e. The second kappa shape index (κ2) is 9.32. The number of likely N-dealkylation sites (tertiary alicyclic amines) is 1. The van der Waals surface area contributed by atoms with Crippen LogP contribution in [0.3, 0.4) is 0 Å². The van der Waals surface area contributed by atoms with Gasteiger partial charge in [0.2, 0.25) is 5.91 Å². The van der Waals surface area contributed by atoms with Crippen LogP contribution in [0.1, 0.15) is 41.6 Å². The summed E-state index contributed by atoms with van der Waals surface area (Å²) in [5.74, 6) is 0.0798. The van der Waals surface area contributed by atoms with E-state index in [1.54, 1.807) is 24.5 Å². The van der Waals surface area contributed by atoms with Gasteiger partial charge in [-0.15, -0.1) is 0 Å². The summed E-state index contributed by atoms with van der Waals surface area (Å²) in [5, 5.41) is 5.35. The standard InChI is InChI=1S/C27H29N3O3/c31-25(18-22-6-3-5-20-4-1-2-7-24(20)22)29-19-23-8-11-27(33-23)12-16-30(17-13-27)26(32)21-9-14-28-15-10-21/h1-7,9-10,14-15,23H,8,11-13,16-19H2,(H,29,31). The molecule has 1 aromatic heterocycles. The molecule has 2 amide bonds. The van der Waals surface area contributed by atoms with Crippen LogP contribution < -0.4 is 5.32 Å². The van der Waals surface area contributed by atoms with E-state index in [4.69, 9.17) is 4.74 Å². The van der Waals surface area contributed by atoms with Gasteiger partial charge in [-0.05, 0) is 54.2 Å². The Hall–Kier alpha value is -3.25. The van der Waals surface area contributed by atoms with Crippen LogP contribution in [-0.2, 0) is 16.0 Å². The lowest BCUT2D eigenvalue weighted by Gasteiger charge is -2.39. The van der Waals surface area contributed by atoms with Gasteiger partial charge in [-0.2, -0.15) is 0 Å². The van der Waals surface area contributed by atoms with Crippen LogP contribution in [0.2, 0.25) is 0 Å². The zero-order valence-electron chi connectivity index (χ0n) is 18.7. The van der Waals surface area contributed by atoms with Gasteiger partial charge < -0.3 is 15.0 Å². The molecule has 2 saturated heterocycles. The first kappa shape index (κ1) is 21.6. The van der Waals surface area contributed by atoms with Gasteiger partial charge in [0, 0.05) is 37.6 Å². The number of aromatic nitrogens is 1. The van der Waals surface area contributed by atoms with Crippen molar-refractivity contribution in [3.63, 3.8) is 0 Å². The van der Waals surface area contributed by atoms with Crippen LogP contribution in [0.4, 0.5) is 0 Å². The number of carbonyl (C=O) groups is 2. The fraction of sp³-hybridized carbons (Fsp3) is 0.370. The van der Waals surface area contributed by atoms with E-state index in [1.165, 1.54) is 0 Å². The van der Waals surface area contributed by atoms with E-state index in [9.17, 15) is 9.59 Å². The van der Waals surface area contributed by atoms with Gasteiger partial charge in [-0.3, -0.25) is 14.6 Å². The first-order chi connectivity index (χ1) is 16.1. The Morgan fingerprint density at radius 1 is 1.00 bits per heavy atom. The Morgan fingerprint density at radius 3 is 2.58 bits per heavy atom. The van der Waals surface area contributed by atoms with Crippen molar-refractivity contribution in [2.24, 2.45) is 0 Å². The van der Waals surface area contributed by atoms with E-state index >= 15 is 0 Å². The van der Waals surface area contributed by atoms with E-state index in [0.717, 1.165) is 42.0 Å². The second-order valence-corrected chi connectivity index (χ2v) is 9.11. The Balaban J connectivity index is 1.11. The van der Waals surface area contributed by atoms with Crippen molar-refractivity contribution in [1.82, 2.24) is 15.2 Å². The van der Waals surface area contributed by atoms with Crippen LogP contribution in [0, 0.1) is 0 Å². The van der Waals surface area contributed by atoms with E-state index in [-0.39, 0.29) is 23.5 Å². The van der Waals surface area contributed by atoms with Crippen LogP contribution in [0.25, 0.3) is 10.8 Å². The van der Waals surface area contributed by atoms with E-state index in [2.05, 4.69) is 28.5 Å². The highest BCUT2D eigenvalue weighted by atomic mass is 16.5. The number of benzene rings is 2. The molecule has 3 heterocycles. The molecule has 1 atom stereocenters. The maximum absolute atomic E-state index is 12.7. The summed E-state index contributed by atoms with van der Waals surface area (Å²) in [7, 11) is 0. The van der Waals surface area contributed by atoms with Crippen molar-refractivity contribution >= 4 is 22.6 Å². The number of fused-ring (bicyclic) bond motifs is 1. The topological polar surface area (TPSA) is 71.5 Å². The number of carbonyl (C=O) groups excluding carboxylic acids is 2. The number of amides is 2. The Morgan fingerprint density at radius 2 is 1.76 bits per heavy atom. The molecule has 0 aliphatic carbocycles. The third-order valence-electron chi connectivity index (χ3n) is 6.99. The van der Waals surface area contributed by atoms with E-state index < -0.39 is 0 Å². The molecular weight excluding hydrogens is 414 g/mol. The molecule has 1 spiro atoms. The highest BCUT2D eigenvalue weighted by Gasteiger charge is 2.43. The molecule has 170 valence electrons. The van der Waals surface area contributed by atoms with Gasteiger partial charge in [-0.25, -0.2) is 0 Å². The third-order valence-corrected chi connectivity index (χ3v) is 6.99. The first-order valence-corrected chi connectivity index (χ1v) is 11.7. The molecule has 3 aromatic rings. The summed E-state index contributed by atoms with van der Waals surface area (Å²) < 4.78 is 6.43. The molecule has 0 bridgehead atoms. The summed E-state index contributed by atoms with van der Waals surface area (Å²) in [4.78, 5) is 31.2. The highest BCUT2D eigenvalue weighted by molar-refractivity contribution is 5.94. The van der Waals surface area contributed by atoms with Crippen molar-refractivity contribution in [3.8, 4) is 0 Å². The van der Waals surface area contributed by atoms with Crippen molar-refractivity contribution in [2.45, 2.75) is 43.8 Å². The molecule has 6 nitrogen and oxygen atoms in total. The average Bonchev–Trinajstić information content (AvgIpc) is 3.26. The van der Waals surface area contributed by atoms with Gasteiger partial charge in [0.05, 0.1) is 18.1 Å². The lowest BCUT2D eigenvalue weighted by Crippen LogP contribution is -2.47. The number of ether oxygens (including phenoxy) is 1. The van der Waals surface area contributed by atoms with Crippen LogP contribution in [-0.4, -0.2) is 53.0 Å². The third kappa shape index (κ3) is 4.76. The zero-order chi connectivity index (χ0) is 22.7. The highest BCUT2D eigenvalue weighted by Crippen LogP contribution is 2.39. The minimum atomic E-state index is -0.167. The van der Waals surface area contributed by atoms with Crippen molar-refractivity contribution in [1.29, 1.82) is 0 Å². The largest absolute Gasteiger partial charge is 0.370 e. The molecule has 2 aromatic carbocycles. The number of pyridine rings is 1. The quantitative estimate of drug-likeness (QED) is 0.652. The minimum Gasteiger partial charge on any atom is -0.370 e. The molecule has 2 fully saturated rings. The average molecular weight is 444 g/mol. The number of hydrogen-bond acceptors (Lipinski definition) is 4. The molecule has 5 rings (SSSR count). The molecule has 2 aliphatic heterocycles. The number of nitrogens with zero attached hydrogens (tertiary/aromatic N) is 2. The maximum atomic E-state index is 12.7. The van der Waals surface area contributed by atoms with Crippen LogP contribution >= 0.6 is 0 Å². The Kier molecular flexibility index (Phi) is 6.09. The van der Waals surface area contributed by atoms with Crippen molar-refractivity contribution < 1.29 is 14.3 Å². The van der Waals surface area contributed by atoms with E-state index in [0.29, 0.717) is 31.6 Å². The number of nitrogens with one attached hydrogen (secondary N) is 1. The van der Waals surface area contributed by atoms with Crippen LogP contribution in [0.5, 0.6) is 0 Å². The SMILES string of the molecule is O=C(Cc1cccc2ccccc12)NCC1CCC2(CCN(C(=O)c3ccncc3)CC2)O1. The summed E-state index contributed by atoms with van der Waals surface area (Å²) in [6, 6.07) is 17.8. The molecule has 6 heteroatoms. The summed E-state index contributed by atoms with van der Waals surface area (Å²) in [6.07, 6.45) is 7.29. The fourth-order valence-corrected chi connectivity index (χ4v) is 5.11. The summed E-state index contributed by atoms with van der Waals surface area (Å²) in [6.45, 7) is 1.92. The van der Waals surface area contributed by atoms with Gasteiger partial charge in [0.1, 0.15) is 0 Å². The van der Waals surface area contributed by atoms with Crippen molar-refractivity contribution in [2.75, 3.05) is 19.6 Å². The van der Waals surface area contributed by atoms with Gasteiger partial charge in [0.15, 0.2) is 0 Å². The predicted octanol–water partition coefficient (Wildman–Crippen LogP) is 3.75. The molecule has 1 unspecified atom stereocenters. The number of hydrogen-bond donors (Lipinski definition) is 1. The van der Waals surface area contributed by atoms with Gasteiger partial charge in [0.25, 0.3) is 5.91 Å². The maximum Gasteiger partial charge on any atom is 0.253 e. The van der Waals surface area contributed by atoms with Crippen LogP contribution in [0.15, 0.2) is 67.0 Å². The summed E-state index contributed by atoms with van der Waals surface area (Å²) in [5.41, 5.74) is 1.56. The number of piperidine rings is 1. The summed E-state index contributed by atoms with van der Waals surface area (Å²) >= 11 is 0. The van der Waals surface area contributed by atoms with Gasteiger partial charge >= 0.3 is 0 Å². The lowest BCUT2D eigenvalue weighted by atomic mass is 9.88.